The summed E-state index contributed by atoms with van der Waals surface area (Å²) in [5.41, 5.74) is 5.61. The first-order valence-electron chi connectivity index (χ1n) is 5.25. The van der Waals surface area contributed by atoms with Gasteiger partial charge in [-0.1, -0.05) is 0 Å². The molecule has 0 spiro atoms. The second kappa shape index (κ2) is 6.05. The number of carbonyl (C=O) groups excluding carboxylic acids is 1. The van der Waals surface area contributed by atoms with E-state index >= 15 is 0 Å². The molecule has 0 aliphatic heterocycles. The van der Waals surface area contributed by atoms with Gasteiger partial charge in [0.2, 0.25) is 5.91 Å². The highest BCUT2D eigenvalue weighted by Gasteiger charge is 2.19. The third-order valence-electron chi connectivity index (χ3n) is 2.34. The number of amides is 1. The minimum atomic E-state index is -0.957. The maximum Gasteiger partial charge on any atom is 0.303 e. The van der Waals surface area contributed by atoms with E-state index < -0.39 is 12.0 Å². The Balaban J connectivity index is 2.42. The molecule has 0 bridgehead atoms. The van der Waals surface area contributed by atoms with Crippen LogP contribution in [-0.2, 0) is 16.1 Å². The Bertz CT molecular complexity index is 375. The molecule has 0 saturated carbocycles. The summed E-state index contributed by atoms with van der Waals surface area (Å²) in [6, 6.07) is 2.70. The predicted molar refractivity (Wildman–Crippen MR) is 60.0 cm³/mol. The van der Waals surface area contributed by atoms with Gasteiger partial charge in [0.1, 0.15) is 5.76 Å². The van der Waals surface area contributed by atoms with Gasteiger partial charge in [-0.05, 0) is 18.6 Å². The summed E-state index contributed by atoms with van der Waals surface area (Å²) in [4.78, 5) is 23.5. The maximum absolute atomic E-state index is 11.7. The quantitative estimate of drug-likeness (QED) is 0.751. The third-order valence-corrected chi connectivity index (χ3v) is 2.34. The number of carbonyl (C=O) groups is 2. The van der Waals surface area contributed by atoms with Gasteiger partial charge < -0.3 is 20.2 Å². The number of carboxylic acids is 1. The zero-order chi connectivity index (χ0) is 12.8. The molecule has 1 aromatic rings. The lowest BCUT2D eigenvalue weighted by Gasteiger charge is -2.19. The molecule has 0 radical (unpaired) electrons. The maximum atomic E-state index is 11.7. The van der Waals surface area contributed by atoms with Crippen LogP contribution in [-0.4, -0.2) is 35.0 Å². The zero-order valence-electron chi connectivity index (χ0n) is 9.63. The second-order valence-corrected chi connectivity index (χ2v) is 3.81. The summed E-state index contributed by atoms with van der Waals surface area (Å²) < 4.78 is 5.10. The van der Waals surface area contributed by atoms with E-state index in [2.05, 4.69) is 0 Å². The van der Waals surface area contributed by atoms with Gasteiger partial charge in [0, 0.05) is 13.5 Å². The number of likely N-dealkylation sites (N-methyl/N-ethyl adjacent to an activating group) is 1. The fraction of sp³-hybridized carbons (Fsp3) is 0.455. The van der Waals surface area contributed by atoms with E-state index in [-0.39, 0.29) is 18.7 Å². The zero-order valence-corrected chi connectivity index (χ0v) is 9.63. The molecular formula is C11H16N2O4. The van der Waals surface area contributed by atoms with Crippen molar-refractivity contribution in [2.45, 2.75) is 25.4 Å². The molecule has 6 nitrogen and oxygen atoms in total. The van der Waals surface area contributed by atoms with Gasteiger partial charge in [-0.2, -0.15) is 0 Å². The minimum absolute atomic E-state index is 0.110. The van der Waals surface area contributed by atoms with Crippen LogP contribution in [0.25, 0.3) is 0 Å². The minimum Gasteiger partial charge on any atom is -0.481 e. The third kappa shape index (κ3) is 4.28. The first-order valence-corrected chi connectivity index (χ1v) is 5.25. The Hall–Kier alpha value is -1.82. The molecule has 0 aliphatic rings. The molecule has 1 amide bonds. The van der Waals surface area contributed by atoms with Crippen LogP contribution >= 0.6 is 0 Å². The summed E-state index contributed by atoms with van der Waals surface area (Å²) in [6.45, 7) is 0.326. The summed E-state index contributed by atoms with van der Waals surface area (Å²) in [5.74, 6) is -0.587. The normalized spacial score (nSPS) is 12.1. The Morgan fingerprint density at radius 2 is 2.29 bits per heavy atom. The highest BCUT2D eigenvalue weighted by Crippen LogP contribution is 2.06. The van der Waals surface area contributed by atoms with Crippen molar-refractivity contribution in [2.75, 3.05) is 7.05 Å². The van der Waals surface area contributed by atoms with Crippen LogP contribution < -0.4 is 5.73 Å². The monoisotopic (exact) mass is 240 g/mol. The van der Waals surface area contributed by atoms with Crippen molar-refractivity contribution < 1.29 is 19.1 Å². The lowest BCUT2D eigenvalue weighted by molar-refractivity contribution is -0.137. The fourth-order valence-electron chi connectivity index (χ4n) is 1.40. The largest absolute Gasteiger partial charge is 0.481 e. The van der Waals surface area contributed by atoms with Crippen molar-refractivity contribution >= 4 is 11.9 Å². The van der Waals surface area contributed by atoms with Crippen LogP contribution in [0.15, 0.2) is 22.8 Å². The fourth-order valence-corrected chi connectivity index (χ4v) is 1.40. The van der Waals surface area contributed by atoms with Crippen LogP contribution in [0.1, 0.15) is 18.6 Å². The predicted octanol–water partition coefficient (Wildman–Crippen LogP) is 0.430. The van der Waals surface area contributed by atoms with Crippen molar-refractivity contribution in [3.05, 3.63) is 24.2 Å². The molecule has 0 aromatic carbocycles. The summed E-state index contributed by atoms with van der Waals surface area (Å²) >= 11 is 0. The molecule has 1 atom stereocenters. The molecule has 0 saturated heterocycles. The SMILES string of the molecule is CN(Cc1ccco1)C(=O)C(N)CCC(=O)O. The molecule has 1 aromatic heterocycles. The van der Waals surface area contributed by atoms with Gasteiger partial charge >= 0.3 is 5.97 Å². The van der Waals surface area contributed by atoms with E-state index in [9.17, 15) is 9.59 Å². The van der Waals surface area contributed by atoms with E-state index in [0.717, 1.165) is 0 Å². The van der Waals surface area contributed by atoms with Crippen LogP contribution in [0.5, 0.6) is 0 Å². The molecule has 3 N–H and O–H groups in total. The smallest absolute Gasteiger partial charge is 0.303 e. The van der Waals surface area contributed by atoms with E-state index in [4.69, 9.17) is 15.3 Å². The van der Waals surface area contributed by atoms with Crippen molar-refractivity contribution in [3.8, 4) is 0 Å². The lowest BCUT2D eigenvalue weighted by atomic mass is 10.1. The molecule has 6 heteroatoms. The molecule has 1 rings (SSSR count). The molecule has 17 heavy (non-hydrogen) atoms. The van der Waals surface area contributed by atoms with Gasteiger partial charge in [0.05, 0.1) is 18.8 Å². The van der Waals surface area contributed by atoms with E-state index in [1.54, 1.807) is 19.2 Å². The van der Waals surface area contributed by atoms with Gasteiger partial charge in [-0.25, -0.2) is 0 Å². The van der Waals surface area contributed by atoms with Crippen molar-refractivity contribution in [2.24, 2.45) is 5.73 Å². The number of carboxylic acid groups (broad SMARTS) is 1. The number of aliphatic carboxylic acids is 1. The highest BCUT2D eigenvalue weighted by molar-refractivity contribution is 5.82. The van der Waals surface area contributed by atoms with Crippen LogP contribution in [0.3, 0.4) is 0 Å². The Morgan fingerprint density at radius 3 is 2.82 bits per heavy atom. The molecule has 0 fully saturated rings. The summed E-state index contributed by atoms with van der Waals surface area (Å²) in [7, 11) is 1.60. The van der Waals surface area contributed by atoms with Crippen molar-refractivity contribution in [1.82, 2.24) is 4.90 Å². The number of furan rings is 1. The number of nitrogens with zero attached hydrogens (tertiary/aromatic N) is 1. The molecule has 0 aliphatic carbocycles. The van der Waals surface area contributed by atoms with E-state index in [1.165, 1.54) is 11.2 Å². The van der Waals surface area contributed by atoms with Crippen LogP contribution in [0.4, 0.5) is 0 Å². The highest BCUT2D eigenvalue weighted by atomic mass is 16.4. The topological polar surface area (TPSA) is 96.8 Å². The number of rotatable bonds is 6. The van der Waals surface area contributed by atoms with Crippen molar-refractivity contribution in [3.63, 3.8) is 0 Å². The Morgan fingerprint density at radius 1 is 1.59 bits per heavy atom. The van der Waals surface area contributed by atoms with Crippen LogP contribution in [0.2, 0.25) is 0 Å². The van der Waals surface area contributed by atoms with Gasteiger partial charge in [-0.15, -0.1) is 0 Å². The Labute approximate surface area is 99.0 Å². The average Bonchev–Trinajstić information content (AvgIpc) is 2.77. The van der Waals surface area contributed by atoms with Gasteiger partial charge in [0.25, 0.3) is 0 Å². The first kappa shape index (κ1) is 13.2. The number of hydrogen-bond acceptors (Lipinski definition) is 4. The van der Waals surface area contributed by atoms with Crippen LogP contribution in [0, 0.1) is 0 Å². The molecule has 1 heterocycles. The standard InChI is InChI=1S/C11H16N2O4/c1-13(7-8-3-2-6-17-8)11(16)9(12)4-5-10(14)15/h2-3,6,9H,4-5,7,12H2,1H3,(H,14,15). The number of hydrogen-bond donors (Lipinski definition) is 2. The first-order chi connectivity index (χ1) is 8.00. The lowest BCUT2D eigenvalue weighted by Crippen LogP contribution is -2.41. The van der Waals surface area contributed by atoms with Gasteiger partial charge in [-0.3, -0.25) is 9.59 Å². The molecule has 1 unspecified atom stereocenters. The second-order valence-electron chi connectivity index (χ2n) is 3.81. The van der Waals surface area contributed by atoms with Gasteiger partial charge in [0.15, 0.2) is 0 Å². The summed E-state index contributed by atoms with van der Waals surface area (Å²) in [5, 5.41) is 8.49. The van der Waals surface area contributed by atoms with E-state index in [0.29, 0.717) is 12.3 Å². The average molecular weight is 240 g/mol. The molecular weight excluding hydrogens is 224 g/mol. The Kier molecular flexibility index (Phi) is 4.71. The summed E-state index contributed by atoms with van der Waals surface area (Å²) in [6.07, 6.45) is 1.55. The molecule has 94 valence electrons. The van der Waals surface area contributed by atoms with E-state index in [1.807, 2.05) is 0 Å². The van der Waals surface area contributed by atoms with Crippen molar-refractivity contribution in [1.29, 1.82) is 0 Å². The number of nitrogens with two attached hydrogens (primary N) is 1.